The van der Waals surface area contributed by atoms with Crippen molar-refractivity contribution in [2.75, 3.05) is 13.1 Å². The van der Waals surface area contributed by atoms with E-state index in [4.69, 9.17) is 5.11 Å². The zero-order valence-corrected chi connectivity index (χ0v) is 11.0. The van der Waals surface area contributed by atoms with Gasteiger partial charge in [-0.3, -0.25) is 9.69 Å². The Hall–Kier alpha value is -1.39. The van der Waals surface area contributed by atoms with Crippen LogP contribution in [0.15, 0.2) is 30.3 Å². The molecule has 2 aliphatic rings. The number of aliphatic carboxylic acids is 1. The first kappa shape index (κ1) is 12.6. The lowest BCUT2D eigenvalue weighted by molar-refractivity contribution is -0.139. The van der Waals surface area contributed by atoms with Gasteiger partial charge in [0.2, 0.25) is 0 Å². The Bertz CT molecular complexity index is 449. The van der Waals surface area contributed by atoms with Gasteiger partial charge in [0.15, 0.2) is 0 Å². The molecule has 2 saturated heterocycles. The first-order valence-corrected chi connectivity index (χ1v) is 6.97. The molecule has 4 nitrogen and oxygen atoms in total. The van der Waals surface area contributed by atoms with Crippen LogP contribution >= 0.6 is 0 Å². The number of carboxylic acids is 1. The minimum Gasteiger partial charge on any atom is -0.480 e. The van der Waals surface area contributed by atoms with Gasteiger partial charge in [-0.25, -0.2) is 0 Å². The van der Waals surface area contributed by atoms with Crippen LogP contribution in [0.4, 0.5) is 0 Å². The average Bonchev–Trinajstić information content (AvgIpc) is 2.83. The molecule has 2 heterocycles. The predicted molar refractivity (Wildman–Crippen MR) is 72.8 cm³/mol. The maximum absolute atomic E-state index is 11.0. The molecular weight excluding hydrogens is 240 g/mol. The second-order valence-corrected chi connectivity index (χ2v) is 5.67. The largest absolute Gasteiger partial charge is 0.480 e. The smallest absolute Gasteiger partial charge is 0.320 e. The summed E-state index contributed by atoms with van der Waals surface area (Å²) in [5.41, 5.74) is 1.33. The van der Waals surface area contributed by atoms with Crippen molar-refractivity contribution in [1.29, 1.82) is 0 Å². The van der Waals surface area contributed by atoms with Gasteiger partial charge < -0.3 is 10.4 Å². The number of benzene rings is 1. The Morgan fingerprint density at radius 2 is 2.16 bits per heavy atom. The fourth-order valence-corrected chi connectivity index (χ4v) is 3.35. The van der Waals surface area contributed by atoms with Crippen molar-refractivity contribution in [2.45, 2.75) is 31.5 Å². The minimum atomic E-state index is -0.705. The second kappa shape index (κ2) is 5.31. The molecule has 0 saturated carbocycles. The molecule has 2 N–H and O–H groups in total. The number of hydrogen-bond acceptors (Lipinski definition) is 3. The number of likely N-dealkylation sites (tertiary alicyclic amines) is 1. The number of rotatable bonds is 3. The van der Waals surface area contributed by atoms with Crippen LogP contribution in [0.1, 0.15) is 18.4 Å². The average molecular weight is 260 g/mol. The number of nitrogens with zero attached hydrogens (tertiary/aromatic N) is 1. The van der Waals surface area contributed by atoms with E-state index in [1.807, 2.05) is 6.07 Å². The summed E-state index contributed by atoms with van der Waals surface area (Å²) in [7, 11) is 0. The van der Waals surface area contributed by atoms with E-state index in [9.17, 15) is 4.79 Å². The first-order valence-electron chi connectivity index (χ1n) is 6.97. The molecule has 0 aromatic heterocycles. The molecule has 0 bridgehead atoms. The van der Waals surface area contributed by atoms with Gasteiger partial charge in [-0.15, -0.1) is 0 Å². The Morgan fingerprint density at radius 1 is 1.37 bits per heavy atom. The van der Waals surface area contributed by atoms with Crippen molar-refractivity contribution in [1.82, 2.24) is 10.2 Å². The zero-order valence-electron chi connectivity index (χ0n) is 11.0. The molecule has 3 rings (SSSR count). The lowest BCUT2D eigenvalue weighted by Crippen LogP contribution is -2.45. The summed E-state index contributed by atoms with van der Waals surface area (Å²) in [5, 5.41) is 12.3. The Labute approximate surface area is 113 Å². The fourth-order valence-electron chi connectivity index (χ4n) is 3.35. The van der Waals surface area contributed by atoms with Crippen LogP contribution in [-0.4, -0.2) is 41.1 Å². The topological polar surface area (TPSA) is 52.6 Å². The van der Waals surface area contributed by atoms with Crippen molar-refractivity contribution in [3.8, 4) is 0 Å². The molecule has 0 radical (unpaired) electrons. The lowest BCUT2D eigenvalue weighted by Gasteiger charge is -2.34. The Balaban J connectivity index is 1.59. The van der Waals surface area contributed by atoms with Crippen LogP contribution in [-0.2, 0) is 11.3 Å². The van der Waals surface area contributed by atoms with Crippen LogP contribution in [0.3, 0.4) is 0 Å². The van der Waals surface area contributed by atoms with Gasteiger partial charge in [-0.2, -0.15) is 0 Å². The van der Waals surface area contributed by atoms with E-state index in [0.29, 0.717) is 12.0 Å². The molecule has 19 heavy (non-hydrogen) atoms. The van der Waals surface area contributed by atoms with E-state index in [2.05, 4.69) is 34.5 Å². The number of carbonyl (C=O) groups is 1. The summed E-state index contributed by atoms with van der Waals surface area (Å²) in [6, 6.07) is 10.5. The van der Waals surface area contributed by atoms with Gasteiger partial charge in [-0.05, 0) is 30.9 Å². The van der Waals surface area contributed by atoms with Crippen molar-refractivity contribution >= 4 is 5.97 Å². The monoisotopic (exact) mass is 260 g/mol. The molecule has 102 valence electrons. The van der Waals surface area contributed by atoms with E-state index >= 15 is 0 Å². The fraction of sp³-hybridized carbons (Fsp3) is 0.533. The van der Waals surface area contributed by atoms with Gasteiger partial charge in [0.25, 0.3) is 0 Å². The van der Waals surface area contributed by atoms with Gasteiger partial charge >= 0.3 is 5.97 Å². The lowest BCUT2D eigenvalue weighted by atomic mass is 9.92. The highest BCUT2D eigenvalue weighted by Crippen LogP contribution is 2.28. The molecule has 0 spiro atoms. The van der Waals surface area contributed by atoms with Crippen molar-refractivity contribution < 1.29 is 9.90 Å². The van der Waals surface area contributed by atoms with E-state index in [1.165, 1.54) is 5.56 Å². The summed E-state index contributed by atoms with van der Waals surface area (Å²) < 4.78 is 0. The standard InChI is InChI=1S/C15H20N2O2/c18-15(19)14-8-12-10-17(7-6-13(12)16-14)9-11-4-2-1-3-5-11/h1-5,12-14,16H,6-10H2,(H,18,19). The van der Waals surface area contributed by atoms with Crippen LogP contribution in [0.5, 0.6) is 0 Å². The van der Waals surface area contributed by atoms with Crippen LogP contribution in [0, 0.1) is 5.92 Å². The van der Waals surface area contributed by atoms with E-state index in [0.717, 1.165) is 32.5 Å². The normalized spacial score (nSPS) is 31.1. The molecule has 0 aliphatic carbocycles. The first-order chi connectivity index (χ1) is 9.22. The summed E-state index contributed by atoms with van der Waals surface area (Å²) in [4.78, 5) is 13.5. The Morgan fingerprint density at radius 3 is 2.89 bits per heavy atom. The number of nitrogens with one attached hydrogen (secondary N) is 1. The molecular formula is C15H20N2O2. The van der Waals surface area contributed by atoms with E-state index < -0.39 is 5.97 Å². The highest BCUT2D eigenvalue weighted by Gasteiger charge is 2.40. The van der Waals surface area contributed by atoms with Gasteiger partial charge in [-0.1, -0.05) is 30.3 Å². The van der Waals surface area contributed by atoms with Crippen LogP contribution < -0.4 is 5.32 Å². The van der Waals surface area contributed by atoms with E-state index in [1.54, 1.807) is 0 Å². The molecule has 2 aliphatic heterocycles. The summed E-state index contributed by atoms with van der Waals surface area (Å²) in [6.07, 6.45) is 1.83. The second-order valence-electron chi connectivity index (χ2n) is 5.67. The number of hydrogen-bond donors (Lipinski definition) is 2. The van der Waals surface area contributed by atoms with Crippen LogP contribution in [0.25, 0.3) is 0 Å². The molecule has 2 fully saturated rings. The Kier molecular flexibility index (Phi) is 3.53. The predicted octanol–water partition coefficient (Wildman–Crippen LogP) is 1.32. The summed E-state index contributed by atoms with van der Waals surface area (Å²) >= 11 is 0. The van der Waals surface area contributed by atoms with Crippen molar-refractivity contribution in [3.05, 3.63) is 35.9 Å². The number of carboxylic acid groups (broad SMARTS) is 1. The van der Waals surface area contributed by atoms with Gasteiger partial charge in [0.1, 0.15) is 6.04 Å². The molecule has 0 amide bonds. The van der Waals surface area contributed by atoms with Gasteiger partial charge in [0.05, 0.1) is 0 Å². The zero-order chi connectivity index (χ0) is 13.2. The van der Waals surface area contributed by atoms with Crippen LogP contribution in [0.2, 0.25) is 0 Å². The van der Waals surface area contributed by atoms with Crippen molar-refractivity contribution in [3.63, 3.8) is 0 Å². The SMILES string of the molecule is O=C(O)C1CC2CN(Cc3ccccc3)CCC2N1. The minimum absolute atomic E-state index is 0.341. The third-order valence-electron chi connectivity index (χ3n) is 4.32. The number of fused-ring (bicyclic) bond motifs is 1. The number of piperidine rings is 1. The summed E-state index contributed by atoms with van der Waals surface area (Å²) in [6.45, 7) is 3.04. The quantitative estimate of drug-likeness (QED) is 0.860. The molecule has 3 atom stereocenters. The van der Waals surface area contributed by atoms with E-state index in [-0.39, 0.29) is 6.04 Å². The maximum Gasteiger partial charge on any atom is 0.320 e. The molecule has 4 heteroatoms. The third-order valence-corrected chi connectivity index (χ3v) is 4.32. The molecule has 1 aromatic rings. The molecule has 1 aromatic carbocycles. The maximum atomic E-state index is 11.0. The third kappa shape index (κ3) is 2.80. The van der Waals surface area contributed by atoms with Crippen molar-refractivity contribution in [2.24, 2.45) is 5.92 Å². The molecule has 3 unspecified atom stereocenters. The van der Waals surface area contributed by atoms with Gasteiger partial charge in [0, 0.05) is 19.1 Å². The summed E-state index contributed by atoms with van der Waals surface area (Å²) in [5.74, 6) is -0.220. The highest BCUT2D eigenvalue weighted by molar-refractivity contribution is 5.74. The highest BCUT2D eigenvalue weighted by atomic mass is 16.4.